The lowest BCUT2D eigenvalue weighted by atomic mass is 9.91. The molecule has 1 aliphatic rings. The molecule has 0 saturated heterocycles. The molecule has 0 radical (unpaired) electrons. The monoisotopic (exact) mass is 355 g/mol. The van der Waals surface area contributed by atoms with Crippen LogP contribution in [0.15, 0.2) is 18.3 Å². The number of amides is 1. The van der Waals surface area contributed by atoms with Crippen LogP contribution in [0.2, 0.25) is 0 Å². The Balaban J connectivity index is 1.95. The van der Waals surface area contributed by atoms with E-state index in [1.54, 1.807) is 6.20 Å². The molecule has 2 aromatic heterocycles. The van der Waals surface area contributed by atoms with Crippen LogP contribution in [0.4, 0.5) is 17.2 Å². The van der Waals surface area contributed by atoms with Gasteiger partial charge in [-0.1, -0.05) is 18.9 Å². The molecule has 0 bridgehead atoms. The van der Waals surface area contributed by atoms with Crippen molar-refractivity contribution < 1.29 is 4.79 Å². The van der Waals surface area contributed by atoms with Gasteiger partial charge >= 0.3 is 0 Å². The molecular formula is C18H25N7O. The second-order valence-electron chi connectivity index (χ2n) is 6.77. The summed E-state index contributed by atoms with van der Waals surface area (Å²) in [5, 5.41) is 14.4. The van der Waals surface area contributed by atoms with Gasteiger partial charge in [-0.15, -0.1) is 5.10 Å². The second kappa shape index (κ2) is 7.65. The number of hydrogen-bond donors (Lipinski definition) is 4. The number of anilines is 3. The van der Waals surface area contributed by atoms with Crippen LogP contribution in [0.25, 0.3) is 0 Å². The first-order valence-electron chi connectivity index (χ1n) is 8.84. The van der Waals surface area contributed by atoms with Crippen molar-refractivity contribution in [3.63, 3.8) is 0 Å². The minimum absolute atomic E-state index is 0.0570. The first kappa shape index (κ1) is 18.1. The van der Waals surface area contributed by atoms with Crippen LogP contribution in [0, 0.1) is 13.8 Å². The molecule has 0 unspecified atom stereocenters. The van der Waals surface area contributed by atoms with Gasteiger partial charge in [-0.05, 0) is 38.3 Å². The van der Waals surface area contributed by atoms with Crippen LogP contribution in [-0.2, 0) is 0 Å². The Morgan fingerprint density at radius 2 is 2.00 bits per heavy atom. The van der Waals surface area contributed by atoms with E-state index in [-0.39, 0.29) is 17.8 Å². The molecule has 8 heteroatoms. The standard InChI is InChI=1S/C18H25N7O/c1-10-7-8-15(22-11(10)2)24-16-14(9-21-25-17(16)18(20)26)23-13-6-4-3-5-12(13)19/h7-9,12-13H,3-6,19H2,1-2H3,(H2,20,26)(H,23,25)(H,21,22,24)/t12-,13+/m0/s1. The largest absolute Gasteiger partial charge is 0.378 e. The third kappa shape index (κ3) is 3.91. The molecular weight excluding hydrogens is 330 g/mol. The molecule has 0 spiro atoms. The molecule has 138 valence electrons. The van der Waals surface area contributed by atoms with Gasteiger partial charge < -0.3 is 22.1 Å². The second-order valence-corrected chi connectivity index (χ2v) is 6.77. The zero-order valence-corrected chi connectivity index (χ0v) is 15.1. The van der Waals surface area contributed by atoms with E-state index in [4.69, 9.17) is 11.5 Å². The Bertz CT molecular complexity index is 808. The fourth-order valence-electron chi connectivity index (χ4n) is 3.16. The number of hydrogen-bond acceptors (Lipinski definition) is 7. The highest BCUT2D eigenvalue weighted by atomic mass is 16.1. The van der Waals surface area contributed by atoms with Gasteiger partial charge in [0.05, 0.1) is 17.6 Å². The van der Waals surface area contributed by atoms with Crippen molar-refractivity contribution >= 4 is 23.1 Å². The summed E-state index contributed by atoms with van der Waals surface area (Å²) in [6, 6.07) is 3.99. The molecule has 26 heavy (non-hydrogen) atoms. The summed E-state index contributed by atoms with van der Waals surface area (Å²) < 4.78 is 0. The summed E-state index contributed by atoms with van der Waals surface area (Å²) in [7, 11) is 0. The minimum Gasteiger partial charge on any atom is -0.378 e. The molecule has 6 N–H and O–H groups in total. The van der Waals surface area contributed by atoms with Crippen molar-refractivity contribution in [3.8, 4) is 0 Å². The Hall–Kier alpha value is -2.74. The average molecular weight is 355 g/mol. The zero-order chi connectivity index (χ0) is 18.7. The summed E-state index contributed by atoms with van der Waals surface area (Å²) in [5.41, 5.74) is 14.9. The Morgan fingerprint density at radius 1 is 1.23 bits per heavy atom. The number of nitrogens with zero attached hydrogens (tertiary/aromatic N) is 3. The summed E-state index contributed by atoms with van der Waals surface area (Å²) in [6.45, 7) is 3.92. The zero-order valence-electron chi connectivity index (χ0n) is 15.1. The fourth-order valence-corrected chi connectivity index (χ4v) is 3.16. The lowest BCUT2D eigenvalue weighted by Crippen LogP contribution is -2.42. The number of pyridine rings is 1. The van der Waals surface area contributed by atoms with Crippen LogP contribution in [-0.4, -0.2) is 33.2 Å². The van der Waals surface area contributed by atoms with E-state index < -0.39 is 5.91 Å². The van der Waals surface area contributed by atoms with Crippen LogP contribution < -0.4 is 22.1 Å². The normalized spacial score (nSPS) is 19.8. The van der Waals surface area contributed by atoms with E-state index >= 15 is 0 Å². The smallest absolute Gasteiger partial charge is 0.271 e. The molecule has 1 fully saturated rings. The maximum absolute atomic E-state index is 11.8. The Labute approximate surface area is 152 Å². The highest BCUT2D eigenvalue weighted by Gasteiger charge is 2.24. The number of primary amides is 1. The van der Waals surface area contributed by atoms with Crippen LogP contribution in [0.1, 0.15) is 47.4 Å². The maximum Gasteiger partial charge on any atom is 0.271 e. The highest BCUT2D eigenvalue weighted by molar-refractivity contribution is 6.00. The SMILES string of the molecule is Cc1ccc(Nc2c(N[C@@H]3CCCC[C@@H]3N)cnnc2C(N)=O)nc1C. The first-order chi connectivity index (χ1) is 12.5. The lowest BCUT2D eigenvalue weighted by molar-refractivity contribution is 0.0995. The van der Waals surface area contributed by atoms with Gasteiger partial charge in [0.15, 0.2) is 5.69 Å². The van der Waals surface area contributed by atoms with Crippen LogP contribution in [0.3, 0.4) is 0 Å². The van der Waals surface area contributed by atoms with Crippen molar-refractivity contribution in [1.82, 2.24) is 15.2 Å². The minimum atomic E-state index is -0.652. The molecule has 2 atom stereocenters. The maximum atomic E-state index is 11.8. The van der Waals surface area contributed by atoms with Crippen molar-refractivity contribution in [2.45, 2.75) is 51.6 Å². The fraction of sp³-hybridized carbons (Fsp3) is 0.444. The number of rotatable bonds is 5. The Kier molecular flexibility index (Phi) is 5.32. The molecule has 2 aromatic rings. The number of nitrogens with one attached hydrogen (secondary N) is 2. The third-order valence-electron chi connectivity index (χ3n) is 4.85. The third-order valence-corrected chi connectivity index (χ3v) is 4.85. The molecule has 0 aliphatic heterocycles. The average Bonchev–Trinajstić information content (AvgIpc) is 2.61. The summed E-state index contributed by atoms with van der Waals surface area (Å²) >= 11 is 0. The number of carbonyl (C=O) groups is 1. The van der Waals surface area contributed by atoms with Gasteiger partial charge in [0.2, 0.25) is 0 Å². The number of aryl methyl sites for hydroxylation is 2. The number of carbonyl (C=O) groups excluding carboxylic acids is 1. The van der Waals surface area contributed by atoms with Crippen LogP contribution >= 0.6 is 0 Å². The van der Waals surface area contributed by atoms with Gasteiger partial charge in [-0.3, -0.25) is 4.79 Å². The number of aromatic nitrogens is 3. The molecule has 3 rings (SSSR count). The van der Waals surface area contributed by atoms with Gasteiger partial charge in [0, 0.05) is 17.8 Å². The summed E-state index contributed by atoms with van der Waals surface area (Å²) in [6.07, 6.45) is 5.78. The van der Waals surface area contributed by atoms with Crippen LogP contribution in [0.5, 0.6) is 0 Å². The molecule has 1 saturated carbocycles. The summed E-state index contributed by atoms with van der Waals surface area (Å²) in [4.78, 5) is 16.4. The topological polar surface area (TPSA) is 132 Å². The quantitative estimate of drug-likeness (QED) is 0.645. The predicted octanol–water partition coefficient (Wildman–Crippen LogP) is 2.01. The van der Waals surface area contributed by atoms with Gasteiger partial charge in [-0.2, -0.15) is 5.10 Å². The van der Waals surface area contributed by atoms with Gasteiger partial charge in [0.25, 0.3) is 5.91 Å². The van der Waals surface area contributed by atoms with E-state index in [9.17, 15) is 4.79 Å². The first-order valence-corrected chi connectivity index (χ1v) is 8.84. The van der Waals surface area contributed by atoms with Crippen molar-refractivity contribution in [2.75, 3.05) is 10.6 Å². The van der Waals surface area contributed by atoms with E-state index in [1.165, 1.54) is 0 Å². The van der Waals surface area contributed by atoms with Gasteiger partial charge in [-0.25, -0.2) is 4.98 Å². The Morgan fingerprint density at radius 3 is 2.69 bits per heavy atom. The summed E-state index contributed by atoms with van der Waals surface area (Å²) in [5.74, 6) is -0.0416. The van der Waals surface area contributed by atoms with Crippen molar-refractivity contribution in [3.05, 3.63) is 35.3 Å². The van der Waals surface area contributed by atoms with Crippen molar-refractivity contribution in [1.29, 1.82) is 0 Å². The molecule has 2 heterocycles. The predicted molar refractivity (Wildman–Crippen MR) is 101 cm³/mol. The van der Waals surface area contributed by atoms with Crippen molar-refractivity contribution in [2.24, 2.45) is 11.5 Å². The van der Waals surface area contributed by atoms with E-state index in [2.05, 4.69) is 25.8 Å². The van der Waals surface area contributed by atoms with Gasteiger partial charge in [0.1, 0.15) is 5.82 Å². The van der Waals surface area contributed by atoms with E-state index in [0.29, 0.717) is 17.2 Å². The van der Waals surface area contributed by atoms with E-state index in [0.717, 1.165) is 36.9 Å². The molecule has 8 nitrogen and oxygen atoms in total. The lowest BCUT2D eigenvalue weighted by Gasteiger charge is -2.30. The van der Waals surface area contributed by atoms with E-state index in [1.807, 2.05) is 26.0 Å². The molecule has 1 aliphatic carbocycles. The molecule has 1 amide bonds. The molecule has 0 aromatic carbocycles. The number of nitrogens with two attached hydrogens (primary N) is 2. The highest BCUT2D eigenvalue weighted by Crippen LogP contribution is 2.30.